The minimum absolute atomic E-state index is 0.530. The Labute approximate surface area is 142 Å². The Hall–Kier alpha value is -0.120. The summed E-state index contributed by atoms with van der Waals surface area (Å²) in [6, 6.07) is 2.51. The van der Waals surface area contributed by atoms with Gasteiger partial charge in [-0.25, -0.2) is 0 Å². The van der Waals surface area contributed by atoms with Gasteiger partial charge in [-0.2, -0.15) is 0 Å². The second-order valence-corrected chi connectivity index (χ2v) is 9.30. The van der Waals surface area contributed by atoms with Crippen LogP contribution in [0.25, 0.3) is 0 Å². The highest BCUT2D eigenvalue weighted by Crippen LogP contribution is 2.55. The first-order valence-electron chi connectivity index (χ1n) is 10.6. The largest absolute Gasteiger partial charge is 0.313 e. The summed E-state index contributed by atoms with van der Waals surface area (Å²) in [5.41, 5.74) is 0.530. The van der Waals surface area contributed by atoms with Crippen LogP contribution in [0.5, 0.6) is 0 Å². The van der Waals surface area contributed by atoms with Gasteiger partial charge in [0.2, 0.25) is 0 Å². The molecule has 3 unspecified atom stereocenters. The fourth-order valence-electron chi connectivity index (χ4n) is 7.36. The number of hydrogen-bond donors (Lipinski definition) is 2. The summed E-state index contributed by atoms with van der Waals surface area (Å²) in [5.74, 6) is 1.96. The Bertz CT molecular complexity index is 431. The highest BCUT2D eigenvalue weighted by atomic mass is 15.2. The minimum atomic E-state index is 0.530. The lowest BCUT2D eigenvalue weighted by Gasteiger charge is -2.64. The van der Waals surface area contributed by atoms with Gasteiger partial charge in [0.25, 0.3) is 0 Å². The molecule has 0 aromatic carbocycles. The molecule has 4 heterocycles. The number of fused-ring (bicyclic) bond motifs is 6. The number of piperidine rings is 4. The smallest absolute Gasteiger partial charge is 0.0179 e. The molecule has 0 spiro atoms. The van der Waals surface area contributed by atoms with Gasteiger partial charge in [0.15, 0.2) is 0 Å². The number of nitrogens with one attached hydrogen (secondary N) is 2. The van der Waals surface area contributed by atoms with Crippen molar-refractivity contribution < 1.29 is 0 Å². The standard InChI is InChI=1S/C20H35N3/c1-3-9-21-18(8-1)20-13-16(12-15-6-5-10-22-19(15)20)17-7-2-4-11-23(17)14-20/h15-19,21-22H,1-14H2/t15-,16?,17?,18+,19?,20+/m1/s1. The van der Waals surface area contributed by atoms with E-state index in [-0.39, 0.29) is 0 Å². The molecule has 0 aromatic heterocycles. The van der Waals surface area contributed by atoms with Crippen LogP contribution >= 0.6 is 0 Å². The maximum Gasteiger partial charge on any atom is 0.0179 e. The second-order valence-electron chi connectivity index (χ2n) is 9.30. The van der Waals surface area contributed by atoms with Gasteiger partial charge < -0.3 is 10.6 Å². The van der Waals surface area contributed by atoms with E-state index >= 15 is 0 Å². The van der Waals surface area contributed by atoms with E-state index in [4.69, 9.17) is 0 Å². The topological polar surface area (TPSA) is 27.3 Å². The van der Waals surface area contributed by atoms with Crippen molar-refractivity contribution in [3.8, 4) is 0 Å². The molecule has 2 N–H and O–H groups in total. The fraction of sp³-hybridized carbons (Fsp3) is 1.00. The molecule has 1 saturated carbocycles. The first kappa shape index (κ1) is 15.2. The average molecular weight is 318 g/mol. The van der Waals surface area contributed by atoms with E-state index in [1.54, 1.807) is 0 Å². The Balaban J connectivity index is 1.50. The van der Waals surface area contributed by atoms with Crippen molar-refractivity contribution in [3.05, 3.63) is 0 Å². The zero-order valence-corrected chi connectivity index (χ0v) is 14.7. The summed E-state index contributed by atoms with van der Waals surface area (Å²) in [5, 5.41) is 8.04. The van der Waals surface area contributed by atoms with Crippen LogP contribution in [-0.2, 0) is 0 Å². The highest BCUT2D eigenvalue weighted by molar-refractivity contribution is 5.14. The SMILES string of the molecule is C1CC[C@@H]([C@@]23CC(C[C@H]4CCCNC42)C2CCCCN2C3)NC1. The Morgan fingerprint density at radius 1 is 0.826 bits per heavy atom. The van der Waals surface area contributed by atoms with Crippen molar-refractivity contribution >= 4 is 0 Å². The third-order valence-corrected chi connectivity index (χ3v) is 8.16. The van der Waals surface area contributed by atoms with Gasteiger partial charge in [0.05, 0.1) is 0 Å². The van der Waals surface area contributed by atoms with Gasteiger partial charge in [-0.3, -0.25) is 4.90 Å². The molecule has 3 nitrogen and oxygen atoms in total. The van der Waals surface area contributed by atoms with E-state index in [1.807, 2.05) is 0 Å². The van der Waals surface area contributed by atoms with Crippen LogP contribution in [0.2, 0.25) is 0 Å². The van der Waals surface area contributed by atoms with Crippen LogP contribution in [0.3, 0.4) is 0 Å². The van der Waals surface area contributed by atoms with Gasteiger partial charge in [0.1, 0.15) is 0 Å². The van der Waals surface area contributed by atoms with Crippen molar-refractivity contribution in [2.75, 3.05) is 26.2 Å². The van der Waals surface area contributed by atoms with E-state index in [1.165, 1.54) is 90.4 Å². The van der Waals surface area contributed by atoms with Crippen molar-refractivity contribution in [3.63, 3.8) is 0 Å². The van der Waals surface area contributed by atoms with Crippen LogP contribution in [0.1, 0.15) is 64.2 Å². The number of rotatable bonds is 1. The molecule has 4 saturated heterocycles. The molecule has 2 bridgehead atoms. The maximum absolute atomic E-state index is 4.04. The van der Waals surface area contributed by atoms with Crippen molar-refractivity contribution in [1.82, 2.24) is 15.5 Å². The van der Waals surface area contributed by atoms with Crippen molar-refractivity contribution in [1.29, 1.82) is 0 Å². The first-order chi connectivity index (χ1) is 11.4. The molecule has 0 radical (unpaired) electrons. The fourth-order valence-corrected chi connectivity index (χ4v) is 7.36. The Kier molecular flexibility index (Phi) is 3.95. The van der Waals surface area contributed by atoms with E-state index in [0.717, 1.165) is 30.0 Å². The average Bonchev–Trinajstić information content (AvgIpc) is 2.63. The van der Waals surface area contributed by atoms with Gasteiger partial charge in [-0.1, -0.05) is 12.8 Å². The summed E-state index contributed by atoms with van der Waals surface area (Å²) >= 11 is 0. The molecule has 6 atom stereocenters. The lowest BCUT2D eigenvalue weighted by Crippen LogP contribution is -2.72. The van der Waals surface area contributed by atoms with Gasteiger partial charge in [-0.15, -0.1) is 0 Å². The molecule has 5 fully saturated rings. The molecule has 5 aliphatic rings. The van der Waals surface area contributed by atoms with Gasteiger partial charge in [0, 0.05) is 30.1 Å². The summed E-state index contributed by atoms with van der Waals surface area (Å²) in [6.07, 6.45) is 14.6. The monoisotopic (exact) mass is 317 g/mol. The van der Waals surface area contributed by atoms with Crippen molar-refractivity contribution in [2.24, 2.45) is 17.3 Å². The molecule has 23 heavy (non-hydrogen) atoms. The minimum Gasteiger partial charge on any atom is -0.313 e. The molecular formula is C20H35N3. The highest BCUT2D eigenvalue weighted by Gasteiger charge is 2.58. The van der Waals surface area contributed by atoms with E-state index < -0.39 is 0 Å². The third kappa shape index (κ3) is 2.41. The normalized spacial score (nSPS) is 50.9. The van der Waals surface area contributed by atoms with E-state index in [2.05, 4.69) is 15.5 Å². The van der Waals surface area contributed by atoms with Gasteiger partial charge in [-0.05, 0) is 82.8 Å². The predicted molar refractivity (Wildman–Crippen MR) is 94.5 cm³/mol. The molecule has 130 valence electrons. The summed E-state index contributed by atoms with van der Waals surface area (Å²) < 4.78 is 0. The van der Waals surface area contributed by atoms with Crippen LogP contribution in [0.15, 0.2) is 0 Å². The molecule has 0 aromatic rings. The second kappa shape index (κ2) is 6.00. The van der Waals surface area contributed by atoms with Crippen molar-refractivity contribution in [2.45, 2.75) is 82.3 Å². The zero-order valence-electron chi connectivity index (χ0n) is 14.7. The van der Waals surface area contributed by atoms with Crippen LogP contribution < -0.4 is 10.6 Å². The lowest BCUT2D eigenvalue weighted by atomic mass is 9.52. The Morgan fingerprint density at radius 3 is 2.65 bits per heavy atom. The zero-order chi connectivity index (χ0) is 15.3. The molecule has 4 aliphatic heterocycles. The summed E-state index contributed by atoms with van der Waals surface area (Å²) in [6.45, 7) is 5.30. The molecule has 5 rings (SSSR count). The first-order valence-corrected chi connectivity index (χ1v) is 10.6. The quantitative estimate of drug-likeness (QED) is 0.779. The number of nitrogens with zero attached hydrogens (tertiary/aromatic N) is 1. The Morgan fingerprint density at radius 2 is 1.74 bits per heavy atom. The molecule has 1 aliphatic carbocycles. The molecule has 0 amide bonds. The summed E-state index contributed by atoms with van der Waals surface area (Å²) in [4.78, 5) is 2.94. The van der Waals surface area contributed by atoms with E-state index in [0.29, 0.717) is 5.41 Å². The predicted octanol–water partition coefficient (Wildman–Crippen LogP) is 2.76. The van der Waals surface area contributed by atoms with Crippen LogP contribution in [0.4, 0.5) is 0 Å². The van der Waals surface area contributed by atoms with Crippen LogP contribution in [0, 0.1) is 17.3 Å². The molecule has 3 heteroatoms. The molecular weight excluding hydrogens is 282 g/mol. The van der Waals surface area contributed by atoms with E-state index in [9.17, 15) is 0 Å². The van der Waals surface area contributed by atoms with Gasteiger partial charge >= 0.3 is 0 Å². The van der Waals surface area contributed by atoms with Crippen LogP contribution in [-0.4, -0.2) is 49.2 Å². The third-order valence-electron chi connectivity index (χ3n) is 8.16. The summed E-state index contributed by atoms with van der Waals surface area (Å²) in [7, 11) is 0. The number of hydrogen-bond acceptors (Lipinski definition) is 3. The maximum atomic E-state index is 4.04. The lowest BCUT2D eigenvalue weighted by molar-refractivity contribution is -0.117.